The van der Waals surface area contributed by atoms with Gasteiger partial charge < -0.3 is 0 Å². The highest BCUT2D eigenvalue weighted by molar-refractivity contribution is 5.74. The molecule has 3 aliphatic rings. The van der Waals surface area contributed by atoms with Crippen molar-refractivity contribution < 1.29 is 0 Å². The van der Waals surface area contributed by atoms with Gasteiger partial charge in [0.05, 0.1) is 12.1 Å². The molecule has 0 spiro atoms. The second kappa shape index (κ2) is 1.97. The van der Waals surface area contributed by atoms with E-state index in [1.807, 2.05) is 0 Å². The summed E-state index contributed by atoms with van der Waals surface area (Å²) in [5.41, 5.74) is 6.62. The summed E-state index contributed by atoms with van der Waals surface area (Å²) in [7, 11) is 0. The van der Waals surface area contributed by atoms with Crippen molar-refractivity contribution in [1.82, 2.24) is 5.43 Å². The molecule has 0 aromatic rings. The van der Waals surface area contributed by atoms with Gasteiger partial charge in [0.1, 0.15) is 0 Å². The van der Waals surface area contributed by atoms with Crippen LogP contribution in [-0.2, 0) is 0 Å². The summed E-state index contributed by atoms with van der Waals surface area (Å²) in [5.74, 6) is 0.250. The maximum atomic E-state index is 3.89. The van der Waals surface area contributed by atoms with E-state index in [9.17, 15) is 0 Å². The highest BCUT2D eigenvalue weighted by atomic mass is 15.3. The number of fused-ring (bicyclic) bond motifs is 2. The Morgan fingerprint density at radius 1 is 1.42 bits per heavy atom. The van der Waals surface area contributed by atoms with E-state index >= 15 is 0 Å². The van der Waals surface area contributed by atoms with Gasteiger partial charge in [0, 0.05) is 5.70 Å². The summed E-state index contributed by atoms with van der Waals surface area (Å²) in [5, 5.41) is 3.89. The van der Waals surface area contributed by atoms with Crippen LogP contribution in [0.5, 0.6) is 0 Å². The average molecular weight is 155 g/mol. The van der Waals surface area contributed by atoms with Gasteiger partial charge in [0.25, 0.3) is 0 Å². The fraction of sp³-hybridized carbons (Fsp3) is 0.100. The average Bonchev–Trinajstić information content (AvgIpc) is 2.64. The Hall–Kier alpha value is -1.57. The first-order valence-electron chi connectivity index (χ1n) is 3.97. The van der Waals surface area contributed by atoms with Gasteiger partial charge in [-0.05, 0) is 17.2 Å². The smallest absolute Gasteiger partial charge is 0.0978 e. The molecule has 0 saturated heterocycles. The fourth-order valence-corrected chi connectivity index (χ4v) is 1.63. The van der Waals surface area contributed by atoms with Gasteiger partial charge in [-0.25, -0.2) is 0 Å². The normalized spacial score (nSPS) is 28.7. The third-order valence-electron chi connectivity index (χ3n) is 2.27. The molecule has 12 heavy (non-hydrogen) atoms. The van der Waals surface area contributed by atoms with E-state index in [-0.39, 0.29) is 5.92 Å². The Labute approximate surface area is 70.7 Å². The molecule has 1 heterocycles. The predicted octanol–water partition coefficient (Wildman–Crippen LogP) is 1.39. The van der Waals surface area contributed by atoms with E-state index < -0.39 is 0 Å². The maximum Gasteiger partial charge on any atom is 0.0978 e. The van der Waals surface area contributed by atoms with Crippen LogP contribution in [0.4, 0.5) is 0 Å². The molecule has 0 aromatic carbocycles. The summed E-state index contributed by atoms with van der Waals surface area (Å²) in [6, 6.07) is 0. The third-order valence-corrected chi connectivity index (χ3v) is 2.27. The van der Waals surface area contributed by atoms with Gasteiger partial charge in [-0.2, -0.15) is 5.10 Å². The molecule has 3 rings (SSSR count). The molecule has 0 amide bonds. The number of nitrogens with one attached hydrogen (secondary N) is 1. The second-order valence-corrected chi connectivity index (χ2v) is 3.03. The van der Waals surface area contributed by atoms with Crippen LogP contribution in [0.2, 0.25) is 0 Å². The highest BCUT2D eigenvalue weighted by Gasteiger charge is 2.22. The lowest BCUT2D eigenvalue weighted by molar-refractivity contribution is 0.864. The van der Waals surface area contributed by atoms with Crippen molar-refractivity contribution in [2.24, 2.45) is 11.0 Å². The zero-order valence-electron chi connectivity index (χ0n) is 6.41. The highest BCUT2D eigenvalue weighted by Crippen LogP contribution is 2.30. The van der Waals surface area contributed by atoms with Crippen molar-refractivity contribution >= 4 is 6.21 Å². The van der Waals surface area contributed by atoms with E-state index in [0.29, 0.717) is 0 Å². The van der Waals surface area contributed by atoms with Crippen LogP contribution in [0, 0.1) is 5.92 Å². The van der Waals surface area contributed by atoms with Crippen molar-refractivity contribution in [2.75, 3.05) is 0 Å². The van der Waals surface area contributed by atoms with Crippen molar-refractivity contribution in [2.45, 2.75) is 0 Å². The van der Waals surface area contributed by atoms with Gasteiger partial charge in [0.2, 0.25) is 0 Å². The molecule has 0 fully saturated rings. The number of rotatable bonds is 0. The SMILES string of the molecule is [C]1=NNC2=CC3=CC=CC3=CC12. The lowest BCUT2D eigenvalue weighted by atomic mass is 9.93. The lowest BCUT2D eigenvalue weighted by Crippen LogP contribution is -2.10. The molecule has 2 nitrogen and oxygen atoms in total. The number of nitrogens with zero attached hydrogens (tertiary/aromatic N) is 1. The predicted molar refractivity (Wildman–Crippen MR) is 47.4 cm³/mol. The molecule has 1 aliphatic heterocycles. The largest absolute Gasteiger partial charge is 0.281 e. The van der Waals surface area contributed by atoms with Crippen LogP contribution < -0.4 is 5.43 Å². The van der Waals surface area contributed by atoms with E-state index in [4.69, 9.17) is 0 Å². The molecule has 1 unspecified atom stereocenters. The van der Waals surface area contributed by atoms with Crippen LogP contribution in [0.15, 0.2) is 52.3 Å². The van der Waals surface area contributed by atoms with Crippen LogP contribution >= 0.6 is 0 Å². The Morgan fingerprint density at radius 2 is 2.42 bits per heavy atom. The topological polar surface area (TPSA) is 24.4 Å². The Balaban J connectivity index is 2.12. The van der Waals surface area contributed by atoms with Crippen LogP contribution in [-0.4, -0.2) is 6.21 Å². The molecule has 57 valence electrons. The van der Waals surface area contributed by atoms with Crippen molar-refractivity contribution in [1.29, 1.82) is 0 Å². The Morgan fingerprint density at radius 3 is 3.42 bits per heavy atom. The zero-order chi connectivity index (χ0) is 7.97. The number of allylic oxidation sites excluding steroid dienone is 7. The first-order chi connectivity index (χ1) is 5.93. The molecule has 0 saturated carbocycles. The number of hydrogen-bond donors (Lipinski definition) is 1. The maximum absolute atomic E-state index is 3.89. The van der Waals surface area contributed by atoms with Gasteiger partial charge in [0.15, 0.2) is 0 Å². The molecule has 1 N–H and O–H groups in total. The second-order valence-electron chi connectivity index (χ2n) is 3.03. The van der Waals surface area contributed by atoms with Crippen LogP contribution in [0.1, 0.15) is 0 Å². The molecular formula is C10H7N2. The summed E-state index contributed by atoms with van der Waals surface area (Å²) < 4.78 is 0. The first kappa shape index (κ1) is 6.00. The van der Waals surface area contributed by atoms with Gasteiger partial charge in [-0.3, -0.25) is 5.43 Å². The van der Waals surface area contributed by atoms with Crippen molar-refractivity contribution in [3.8, 4) is 0 Å². The third kappa shape index (κ3) is 0.666. The quantitative estimate of drug-likeness (QED) is 0.561. The van der Waals surface area contributed by atoms with Gasteiger partial charge >= 0.3 is 0 Å². The Bertz CT molecular complexity index is 381. The van der Waals surface area contributed by atoms with Gasteiger partial charge in [-0.15, -0.1) is 0 Å². The summed E-state index contributed by atoms with van der Waals surface area (Å²) in [6.07, 6.45) is 13.6. The van der Waals surface area contributed by atoms with Crippen LogP contribution in [0.3, 0.4) is 0 Å². The van der Waals surface area contributed by atoms with E-state index in [1.165, 1.54) is 11.1 Å². The minimum absolute atomic E-state index is 0.250. The monoisotopic (exact) mass is 155 g/mol. The molecule has 0 bridgehead atoms. The van der Waals surface area contributed by atoms with E-state index in [2.05, 4.69) is 47.1 Å². The Kier molecular flexibility index (Phi) is 0.987. The van der Waals surface area contributed by atoms with E-state index in [1.54, 1.807) is 0 Å². The molecular weight excluding hydrogens is 148 g/mol. The number of hydrogen-bond acceptors (Lipinski definition) is 2. The first-order valence-corrected chi connectivity index (χ1v) is 3.97. The van der Waals surface area contributed by atoms with Gasteiger partial charge in [-0.1, -0.05) is 24.3 Å². The molecule has 0 aromatic heterocycles. The lowest BCUT2D eigenvalue weighted by Gasteiger charge is -2.12. The number of hydrazone groups is 1. The standard InChI is InChI=1S/C10H7N2/c1-2-7-4-9-6-11-12-10(9)5-8(7)3-1/h1-5,9,12H. The zero-order valence-corrected chi connectivity index (χ0v) is 6.41. The molecule has 1 radical (unpaired) electrons. The summed E-state index contributed by atoms with van der Waals surface area (Å²) >= 11 is 0. The molecule has 2 aliphatic carbocycles. The van der Waals surface area contributed by atoms with Crippen molar-refractivity contribution in [3.63, 3.8) is 0 Å². The summed E-state index contributed by atoms with van der Waals surface area (Å²) in [4.78, 5) is 0. The minimum Gasteiger partial charge on any atom is -0.281 e. The summed E-state index contributed by atoms with van der Waals surface area (Å²) in [6.45, 7) is 0. The van der Waals surface area contributed by atoms with Crippen LogP contribution in [0.25, 0.3) is 0 Å². The van der Waals surface area contributed by atoms with Crippen molar-refractivity contribution in [3.05, 3.63) is 47.2 Å². The minimum atomic E-state index is 0.250. The fourth-order valence-electron chi connectivity index (χ4n) is 1.63. The van der Waals surface area contributed by atoms with E-state index in [0.717, 1.165) is 5.70 Å². The molecule has 1 atom stereocenters. The molecule has 2 heteroatoms.